The summed E-state index contributed by atoms with van der Waals surface area (Å²) in [5, 5.41) is 0. The van der Waals surface area contributed by atoms with Gasteiger partial charge in [0.15, 0.2) is 0 Å². The van der Waals surface area contributed by atoms with Gasteiger partial charge in [-0.15, -0.1) is 0 Å². The average molecular weight is 405 g/mol. The van der Waals surface area contributed by atoms with Crippen molar-refractivity contribution in [1.29, 1.82) is 0 Å². The van der Waals surface area contributed by atoms with Crippen molar-refractivity contribution in [3.05, 3.63) is 59.2 Å². The van der Waals surface area contributed by atoms with Gasteiger partial charge in [-0.05, 0) is 48.0 Å². The van der Waals surface area contributed by atoms with Gasteiger partial charge in [-0.1, -0.05) is 32.9 Å². The van der Waals surface area contributed by atoms with E-state index >= 15 is 0 Å². The molecule has 0 unspecified atom stereocenters. The Kier molecular flexibility index (Phi) is 7.51. The van der Waals surface area contributed by atoms with Crippen LogP contribution in [0, 0.1) is 11.6 Å². The highest BCUT2D eigenvalue weighted by Gasteiger charge is 2.31. The number of hydrogen-bond acceptors (Lipinski definition) is 3. The third-order valence-electron chi connectivity index (χ3n) is 4.85. The lowest BCUT2D eigenvalue weighted by Gasteiger charge is -2.30. The van der Waals surface area contributed by atoms with Crippen LogP contribution in [0.5, 0.6) is 11.5 Å². The number of carbonyl (C=O) groups excluding carboxylic acids is 1. The molecule has 0 atom stereocenters. The minimum atomic E-state index is -1.97. The van der Waals surface area contributed by atoms with Crippen LogP contribution in [-0.4, -0.2) is 14.3 Å². The molecule has 0 bridgehead atoms. The Balaban J connectivity index is 2.43. The standard InChI is InChI=1S/C22H26F2O3Si/c1-5-28(6-2,7-3)27-22-15-21(26-16(4)25)11-10-18(22)9-8-17-12-19(23)14-20(24)13-17/h8-15H,5-7H2,1-4H3/b9-8+. The highest BCUT2D eigenvalue weighted by molar-refractivity contribution is 6.74. The molecule has 3 nitrogen and oxygen atoms in total. The van der Waals surface area contributed by atoms with Gasteiger partial charge in [0.1, 0.15) is 23.1 Å². The quantitative estimate of drug-likeness (QED) is 0.220. The first-order valence-corrected chi connectivity index (χ1v) is 12.0. The summed E-state index contributed by atoms with van der Waals surface area (Å²) in [7, 11) is -1.97. The summed E-state index contributed by atoms with van der Waals surface area (Å²) in [6.07, 6.45) is 3.38. The van der Waals surface area contributed by atoms with Crippen molar-refractivity contribution in [3.63, 3.8) is 0 Å². The molecule has 2 rings (SSSR count). The summed E-state index contributed by atoms with van der Waals surface area (Å²) in [6.45, 7) is 7.72. The SMILES string of the molecule is CC[Si](CC)(CC)Oc1cc(OC(C)=O)ccc1/C=C/c1cc(F)cc(F)c1. The van der Waals surface area contributed by atoms with E-state index in [-0.39, 0.29) is 0 Å². The third-order valence-corrected chi connectivity index (χ3v) is 9.37. The first kappa shape index (κ1) is 21.8. The van der Waals surface area contributed by atoms with Gasteiger partial charge in [0.2, 0.25) is 0 Å². The number of ether oxygens (including phenoxy) is 1. The average Bonchev–Trinajstić information content (AvgIpc) is 2.64. The monoisotopic (exact) mass is 404 g/mol. The van der Waals surface area contributed by atoms with Crippen molar-refractivity contribution >= 4 is 26.4 Å². The predicted octanol–water partition coefficient (Wildman–Crippen LogP) is 6.44. The Morgan fingerprint density at radius 2 is 1.57 bits per heavy atom. The molecule has 0 aromatic heterocycles. The second-order valence-electron chi connectivity index (χ2n) is 6.68. The molecule has 0 heterocycles. The van der Waals surface area contributed by atoms with E-state index in [4.69, 9.17) is 9.16 Å². The normalized spacial score (nSPS) is 11.6. The van der Waals surface area contributed by atoms with Gasteiger partial charge in [0, 0.05) is 24.6 Å². The molecule has 0 saturated heterocycles. The molecule has 0 amide bonds. The Morgan fingerprint density at radius 1 is 0.964 bits per heavy atom. The smallest absolute Gasteiger partial charge is 0.308 e. The highest BCUT2D eigenvalue weighted by atomic mass is 28.4. The van der Waals surface area contributed by atoms with E-state index in [9.17, 15) is 13.6 Å². The zero-order valence-corrected chi connectivity index (χ0v) is 17.7. The second kappa shape index (κ2) is 9.64. The number of rotatable bonds is 8. The van der Waals surface area contributed by atoms with Gasteiger partial charge >= 0.3 is 5.97 Å². The van der Waals surface area contributed by atoms with Crippen molar-refractivity contribution in [2.45, 2.75) is 45.8 Å². The van der Waals surface area contributed by atoms with Crippen molar-refractivity contribution in [1.82, 2.24) is 0 Å². The summed E-state index contributed by atoms with van der Waals surface area (Å²) in [4.78, 5) is 11.3. The van der Waals surface area contributed by atoms with E-state index < -0.39 is 25.9 Å². The summed E-state index contributed by atoms with van der Waals surface area (Å²) in [5.41, 5.74) is 1.17. The maximum absolute atomic E-state index is 13.4. The van der Waals surface area contributed by atoms with Gasteiger partial charge in [0.25, 0.3) is 8.32 Å². The van der Waals surface area contributed by atoms with Gasteiger partial charge < -0.3 is 9.16 Å². The Bertz CT molecular complexity index is 832. The lowest BCUT2D eigenvalue weighted by Crippen LogP contribution is -2.39. The van der Waals surface area contributed by atoms with Crippen LogP contribution in [0.1, 0.15) is 38.8 Å². The molecule has 2 aromatic carbocycles. The Morgan fingerprint density at radius 3 is 2.11 bits per heavy atom. The molecule has 28 heavy (non-hydrogen) atoms. The van der Waals surface area contributed by atoms with Crippen LogP contribution < -0.4 is 9.16 Å². The predicted molar refractivity (Wildman–Crippen MR) is 111 cm³/mol. The van der Waals surface area contributed by atoms with Gasteiger partial charge in [-0.3, -0.25) is 4.79 Å². The van der Waals surface area contributed by atoms with Gasteiger partial charge in [-0.25, -0.2) is 8.78 Å². The zero-order valence-electron chi connectivity index (χ0n) is 16.7. The summed E-state index contributed by atoms with van der Waals surface area (Å²) in [6, 6.07) is 11.4. The van der Waals surface area contributed by atoms with Crippen LogP contribution >= 0.6 is 0 Å². The molecule has 0 saturated carbocycles. The number of hydrogen-bond donors (Lipinski definition) is 0. The molecule has 6 heteroatoms. The minimum Gasteiger partial charge on any atom is -0.543 e. The van der Waals surface area contributed by atoms with Crippen LogP contribution in [-0.2, 0) is 4.79 Å². The van der Waals surface area contributed by atoms with Crippen LogP contribution in [0.15, 0.2) is 36.4 Å². The van der Waals surface area contributed by atoms with Crippen LogP contribution in [0.4, 0.5) is 8.78 Å². The lowest BCUT2D eigenvalue weighted by atomic mass is 10.1. The highest BCUT2D eigenvalue weighted by Crippen LogP contribution is 2.32. The fraction of sp³-hybridized carbons (Fsp3) is 0.318. The Hall–Kier alpha value is -2.47. The first-order chi connectivity index (χ1) is 13.3. The van der Waals surface area contributed by atoms with E-state index in [0.29, 0.717) is 17.1 Å². The van der Waals surface area contributed by atoms with Crippen LogP contribution in [0.3, 0.4) is 0 Å². The van der Waals surface area contributed by atoms with Gasteiger partial charge in [0.05, 0.1) is 0 Å². The largest absolute Gasteiger partial charge is 0.543 e. The molecule has 0 aliphatic carbocycles. The molecule has 150 valence electrons. The second-order valence-corrected chi connectivity index (χ2v) is 11.4. The van der Waals surface area contributed by atoms with E-state index in [1.54, 1.807) is 30.4 Å². The summed E-state index contributed by atoms with van der Waals surface area (Å²) in [5.74, 6) is -0.646. The summed E-state index contributed by atoms with van der Waals surface area (Å²) >= 11 is 0. The molecule has 0 N–H and O–H groups in total. The molecule has 0 spiro atoms. The fourth-order valence-corrected chi connectivity index (χ4v) is 5.60. The van der Waals surface area contributed by atoms with E-state index in [0.717, 1.165) is 29.8 Å². The molecule has 0 fully saturated rings. The molecule has 0 aliphatic heterocycles. The first-order valence-electron chi connectivity index (χ1n) is 9.46. The van der Waals surface area contributed by atoms with E-state index in [2.05, 4.69) is 20.8 Å². The van der Waals surface area contributed by atoms with Crippen LogP contribution in [0.25, 0.3) is 12.2 Å². The third kappa shape index (κ3) is 5.76. The summed E-state index contributed by atoms with van der Waals surface area (Å²) < 4.78 is 38.5. The van der Waals surface area contributed by atoms with Crippen molar-refractivity contribution < 1.29 is 22.7 Å². The molecule has 0 radical (unpaired) electrons. The molecular formula is C22H26F2O3Si. The maximum Gasteiger partial charge on any atom is 0.308 e. The number of halogens is 2. The van der Waals surface area contributed by atoms with Crippen molar-refractivity contribution in [2.75, 3.05) is 0 Å². The molecular weight excluding hydrogens is 378 g/mol. The van der Waals surface area contributed by atoms with E-state index in [1.165, 1.54) is 19.1 Å². The van der Waals surface area contributed by atoms with Crippen molar-refractivity contribution in [3.8, 4) is 11.5 Å². The minimum absolute atomic E-state index is 0.405. The van der Waals surface area contributed by atoms with Crippen molar-refractivity contribution in [2.24, 2.45) is 0 Å². The van der Waals surface area contributed by atoms with Gasteiger partial charge in [-0.2, -0.15) is 0 Å². The lowest BCUT2D eigenvalue weighted by molar-refractivity contribution is -0.131. The van der Waals surface area contributed by atoms with Crippen LogP contribution in [0.2, 0.25) is 18.1 Å². The Labute approximate surface area is 166 Å². The maximum atomic E-state index is 13.4. The number of benzene rings is 2. The number of esters is 1. The number of carbonyl (C=O) groups is 1. The van der Waals surface area contributed by atoms with E-state index in [1.807, 2.05) is 0 Å². The molecule has 0 aliphatic rings. The molecule has 2 aromatic rings. The fourth-order valence-electron chi connectivity index (χ4n) is 3.03. The topological polar surface area (TPSA) is 35.5 Å². The zero-order chi connectivity index (χ0) is 20.7.